The Labute approximate surface area is 135 Å². The number of halogens is 2. The number of aromatic nitrogens is 2. The summed E-state index contributed by atoms with van der Waals surface area (Å²) >= 11 is 0. The Balaban J connectivity index is 0.00000110. The van der Waals surface area contributed by atoms with E-state index in [1.807, 2.05) is 24.3 Å². The number of hydrogen-bond acceptors (Lipinski definition) is 3. The standard InChI is InChI=1S/C14H18N4O.2ClH/c15-14(7-8-14)13(19)16-9-3-6-12-17-10-4-1-2-5-11(10)18-12;;/h1-2,4-5H,3,6-9,15H2,(H,16,19)(H,17,18);2*1H. The zero-order chi connectivity index (χ0) is 13.3. The summed E-state index contributed by atoms with van der Waals surface area (Å²) in [6.07, 6.45) is 3.30. The molecule has 2 aromatic rings. The van der Waals surface area contributed by atoms with E-state index in [1.165, 1.54) is 0 Å². The molecule has 1 aromatic heterocycles. The molecular weight excluding hydrogens is 311 g/mol. The number of amides is 1. The highest BCUT2D eigenvalue weighted by Gasteiger charge is 2.45. The third-order valence-electron chi connectivity index (χ3n) is 3.56. The molecule has 1 aromatic carbocycles. The summed E-state index contributed by atoms with van der Waals surface area (Å²) in [4.78, 5) is 19.4. The highest BCUT2D eigenvalue weighted by Crippen LogP contribution is 2.31. The van der Waals surface area contributed by atoms with E-state index in [0.717, 1.165) is 42.5 Å². The van der Waals surface area contributed by atoms with Crippen LogP contribution < -0.4 is 11.1 Å². The van der Waals surface area contributed by atoms with E-state index >= 15 is 0 Å². The van der Waals surface area contributed by atoms with E-state index in [-0.39, 0.29) is 30.7 Å². The molecule has 1 saturated carbocycles. The number of rotatable bonds is 5. The quantitative estimate of drug-likeness (QED) is 0.732. The lowest BCUT2D eigenvalue weighted by Crippen LogP contribution is -2.43. The van der Waals surface area contributed by atoms with E-state index in [2.05, 4.69) is 15.3 Å². The van der Waals surface area contributed by atoms with Gasteiger partial charge in [0.05, 0.1) is 16.6 Å². The van der Waals surface area contributed by atoms with E-state index in [9.17, 15) is 4.79 Å². The lowest BCUT2D eigenvalue weighted by molar-refractivity contribution is -0.123. The van der Waals surface area contributed by atoms with Gasteiger partial charge in [-0.3, -0.25) is 4.79 Å². The molecule has 1 aliphatic carbocycles. The third-order valence-corrected chi connectivity index (χ3v) is 3.56. The first-order chi connectivity index (χ1) is 9.17. The first-order valence-electron chi connectivity index (χ1n) is 6.68. The van der Waals surface area contributed by atoms with Crippen LogP contribution in [0.25, 0.3) is 11.0 Å². The molecule has 116 valence electrons. The second-order valence-electron chi connectivity index (χ2n) is 5.22. The van der Waals surface area contributed by atoms with Gasteiger partial charge in [0.15, 0.2) is 0 Å². The fourth-order valence-corrected chi connectivity index (χ4v) is 2.12. The van der Waals surface area contributed by atoms with Gasteiger partial charge in [0.2, 0.25) is 5.91 Å². The zero-order valence-corrected chi connectivity index (χ0v) is 13.2. The number of para-hydroxylation sites is 2. The first kappa shape index (κ1) is 17.8. The Morgan fingerprint density at radius 2 is 2.05 bits per heavy atom. The smallest absolute Gasteiger partial charge is 0.240 e. The third kappa shape index (κ3) is 4.09. The molecule has 0 radical (unpaired) electrons. The van der Waals surface area contributed by atoms with Crippen molar-refractivity contribution in [1.82, 2.24) is 15.3 Å². The van der Waals surface area contributed by atoms with Crippen LogP contribution in [0.4, 0.5) is 0 Å². The van der Waals surface area contributed by atoms with Crippen molar-refractivity contribution in [2.45, 2.75) is 31.2 Å². The van der Waals surface area contributed by atoms with Crippen LogP contribution in [0.15, 0.2) is 24.3 Å². The van der Waals surface area contributed by atoms with E-state index in [0.29, 0.717) is 6.54 Å². The maximum absolute atomic E-state index is 11.6. The van der Waals surface area contributed by atoms with Crippen molar-refractivity contribution in [3.05, 3.63) is 30.1 Å². The van der Waals surface area contributed by atoms with Crippen molar-refractivity contribution >= 4 is 41.8 Å². The minimum absolute atomic E-state index is 0. The van der Waals surface area contributed by atoms with Crippen molar-refractivity contribution in [3.8, 4) is 0 Å². The Kier molecular flexibility index (Phi) is 6.01. The molecule has 0 atom stereocenters. The monoisotopic (exact) mass is 330 g/mol. The van der Waals surface area contributed by atoms with Gasteiger partial charge in [-0.15, -0.1) is 24.8 Å². The van der Waals surface area contributed by atoms with E-state index in [1.54, 1.807) is 0 Å². The molecule has 1 heterocycles. The van der Waals surface area contributed by atoms with Crippen LogP contribution in [0, 0.1) is 0 Å². The van der Waals surface area contributed by atoms with Crippen LogP contribution in [0.2, 0.25) is 0 Å². The van der Waals surface area contributed by atoms with Gasteiger partial charge in [-0.1, -0.05) is 12.1 Å². The number of imidazole rings is 1. The van der Waals surface area contributed by atoms with Gasteiger partial charge in [-0.25, -0.2) is 4.98 Å². The zero-order valence-electron chi connectivity index (χ0n) is 11.6. The van der Waals surface area contributed by atoms with E-state index in [4.69, 9.17) is 5.73 Å². The molecule has 7 heteroatoms. The Hall–Kier alpha value is -1.30. The van der Waals surface area contributed by atoms with Crippen LogP contribution in [0.5, 0.6) is 0 Å². The number of H-pyrrole nitrogens is 1. The highest BCUT2D eigenvalue weighted by atomic mass is 35.5. The molecule has 1 fully saturated rings. The highest BCUT2D eigenvalue weighted by molar-refractivity contribution is 5.88. The molecule has 0 spiro atoms. The normalized spacial score (nSPS) is 14.9. The summed E-state index contributed by atoms with van der Waals surface area (Å²) in [5.41, 5.74) is 7.28. The molecule has 1 amide bonds. The van der Waals surface area contributed by atoms with Gasteiger partial charge in [-0.05, 0) is 31.4 Å². The van der Waals surface area contributed by atoms with Crippen LogP contribution in [0.1, 0.15) is 25.1 Å². The SMILES string of the molecule is Cl.Cl.NC1(C(=O)NCCCc2nc3ccccc3[nH]2)CC1. The largest absolute Gasteiger partial charge is 0.354 e. The maximum Gasteiger partial charge on any atom is 0.240 e. The average Bonchev–Trinajstić information content (AvgIpc) is 3.03. The van der Waals surface area contributed by atoms with Crippen molar-refractivity contribution in [1.29, 1.82) is 0 Å². The minimum atomic E-state index is -0.570. The summed E-state index contributed by atoms with van der Waals surface area (Å²) < 4.78 is 0. The number of carbonyl (C=O) groups excluding carboxylic acids is 1. The number of aromatic amines is 1. The Morgan fingerprint density at radius 3 is 2.71 bits per heavy atom. The first-order valence-corrected chi connectivity index (χ1v) is 6.68. The lowest BCUT2D eigenvalue weighted by Gasteiger charge is -2.09. The maximum atomic E-state index is 11.6. The summed E-state index contributed by atoms with van der Waals surface area (Å²) in [5, 5.41) is 2.88. The fourth-order valence-electron chi connectivity index (χ4n) is 2.12. The van der Waals surface area contributed by atoms with Crippen LogP contribution in [0.3, 0.4) is 0 Å². The number of nitrogens with one attached hydrogen (secondary N) is 2. The molecule has 0 unspecified atom stereocenters. The minimum Gasteiger partial charge on any atom is -0.354 e. The summed E-state index contributed by atoms with van der Waals surface area (Å²) in [7, 11) is 0. The van der Waals surface area contributed by atoms with Gasteiger partial charge < -0.3 is 16.0 Å². The number of carbonyl (C=O) groups is 1. The van der Waals surface area contributed by atoms with Crippen molar-refractivity contribution < 1.29 is 4.79 Å². The number of nitrogens with two attached hydrogens (primary N) is 1. The van der Waals surface area contributed by atoms with Crippen LogP contribution in [-0.4, -0.2) is 28.0 Å². The molecule has 0 bridgehead atoms. The summed E-state index contributed by atoms with van der Waals surface area (Å²) in [6, 6.07) is 7.96. The molecule has 3 rings (SSSR count). The van der Waals surface area contributed by atoms with Crippen LogP contribution in [-0.2, 0) is 11.2 Å². The van der Waals surface area contributed by atoms with Crippen molar-refractivity contribution in [2.24, 2.45) is 5.73 Å². The Morgan fingerprint density at radius 1 is 1.33 bits per heavy atom. The van der Waals surface area contributed by atoms with Crippen molar-refractivity contribution in [2.75, 3.05) is 6.54 Å². The molecule has 0 saturated heterocycles. The molecule has 4 N–H and O–H groups in total. The predicted octanol–water partition coefficient (Wildman–Crippen LogP) is 1.95. The second-order valence-corrected chi connectivity index (χ2v) is 5.22. The van der Waals surface area contributed by atoms with Crippen molar-refractivity contribution in [3.63, 3.8) is 0 Å². The topological polar surface area (TPSA) is 83.8 Å². The number of benzene rings is 1. The summed E-state index contributed by atoms with van der Waals surface area (Å²) in [5.74, 6) is 0.946. The number of aryl methyl sites for hydroxylation is 1. The molecular formula is C14H20Cl2N4O. The van der Waals surface area contributed by atoms with E-state index < -0.39 is 5.54 Å². The van der Waals surface area contributed by atoms with Gasteiger partial charge in [0.1, 0.15) is 5.82 Å². The molecule has 1 aliphatic rings. The Bertz CT molecular complexity index is 577. The predicted molar refractivity (Wildman–Crippen MR) is 88.1 cm³/mol. The number of fused-ring (bicyclic) bond motifs is 1. The number of nitrogens with zero attached hydrogens (tertiary/aromatic N) is 1. The fraction of sp³-hybridized carbons (Fsp3) is 0.429. The van der Waals surface area contributed by atoms with Gasteiger partial charge in [0, 0.05) is 13.0 Å². The average molecular weight is 331 g/mol. The van der Waals surface area contributed by atoms with Gasteiger partial charge in [0.25, 0.3) is 0 Å². The van der Waals surface area contributed by atoms with Crippen LogP contribution >= 0.6 is 24.8 Å². The van der Waals surface area contributed by atoms with Gasteiger partial charge in [-0.2, -0.15) is 0 Å². The number of hydrogen-bond donors (Lipinski definition) is 3. The molecule has 0 aliphatic heterocycles. The molecule has 5 nitrogen and oxygen atoms in total. The second kappa shape index (κ2) is 7.11. The molecule has 21 heavy (non-hydrogen) atoms. The van der Waals surface area contributed by atoms with Gasteiger partial charge >= 0.3 is 0 Å². The lowest BCUT2D eigenvalue weighted by atomic mass is 10.2. The summed E-state index contributed by atoms with van der Waals surface area (Å²) in [6.45, 7) is 0.648.